The van der Waals surface area contributed by atoms with Gasteiger partial charge in [-0.3, -0.25) is 0 Å². The van der Waals surface area contributed by atoms with Gasteiger partial charge in [0.05, 0.1) is 11.0 Å². The van der Waals surface area contributed by atoms with E-state index in [0.717, 1.165) is 17.7 Å². The van der Waals surface area contributed by atoms with E-state index in [4.69, 9.17) is 4.74 Å². The number of aromatic nitrogens is 1. The van der Waals surface area contributed by atoms with E-state index in [1.807, 2.05) is 0 Å². The van der Waals surface area contributed by atoms with E-state index in [2.05, 4.69) is 162 Å². The molecule has 1 aliphatic rings. The van der Waals surface area contributed by atoms with Gasteiger partial charge < -0.3 is 9.30 Å². The van der Waals surface area contributed by atoms with Crippen molar-refractivity contribution in [1.29, 1.82) is 0 Å². The van der Waals surface area contributed by atoms with Crippen molar-refractivity contribution in [3.8, 4) is 16.8 Å². The molecule has 0 radical (unpaired) electrons. The number of para-hydroxylation sites is 2. The van der Waals surface area contributed by atoms with Crippen molar-refractivity contribution in [2.45, 2.75) is 12.5 Å². The highest BCUT2D eigenvalue weighted by atomic mass is 16.5. The van der Waals surface area contributed by atoms with Crippen LogP contribution in [0.5, 0.6) is 0 Å². The van der Waals surface area contributed by atoms with Gasteiger partial charge in [0.25, 0.3) is 0 Å². The van der Waals surface area contributed by atoms with Crippen LogP contribution in [0.2, 0.25) is 0 Å². The molecule has 1 aliphatic heterocycles. The molecule has 1 atom stereocenters. The highest BCUT2D eigenvalue weighted by Crippen LogP contribution is 2.40. The average Bonchev–Trinajstić information content (AvgIpc) is 3.72. The first-order chi connectivity index (χ1) is 21.8. The molecule has 44 heavy (non-hydrogen) atoms. The van der Waals surface area contributed by atoms with E-state index < -0.39 is 0 Å². The predicted octanol–water partition coefficient (Wildman–Crippen LogP) is 11.3. The minimum atomic E-state index is 0.00299. The SMILES string of the molecule is C1=C(c2ccc(-c3ccc4c(ccc5ccccc54)c3)cc2)OC(c2ccc3c(c2)c2ccccc2n3-c2ccccc2)C1. The minimum absolute atomic E-state index is 0.00299. The molecule has 2 heteroatoms. The zero-order valence-electron chi connectivity index (χ0n) is 24.2. The number of hydrogen-bond acceptors (Lipinski definition) is 1. The zero-order valence-corrected chi connectivity index (χ0v) is 24.2. The predicted molar refractivity (Wildman–Crippen MR) is 184 cm³/mol. The van der Waals surface area contributed by atoms with Gasteiger partial charge in [-0.25, -0.2) is 0 Å². The molecule has 0 aliphatic carbocycles. The molecule has 0 N–H and O–H groups in total. The van der Waals surface area contributed by atoms with Crippen molar-refractivity contribution >= 4 is 49.1 Å². The third-order valence-corrected chi connectivity index (χ3v) is 9.12. The van der Waals surface area contributed by atoms with Crippen LogP contribution in [0.1, 0.15) is 23.7 Å². The van der Waals surface area contributed by atoms with Gasteiger partial charge in [-0.05, 0) is 80.7 Å². The van der Waals surface area contributed by atoms with Gasteiger partial charge >= 0.3 is 0 Å². The van der Waals surface area contributed by atoms with Crippen molar-refractivity contribution in [2.24, 2.45) is 0 Å². The Balaban J connectivity index is 0.991. The Labute approximate surface area is 256 Å². The normalized spacial score (nSPS) is 14.8. The Hall–Kier alpha value is -5.60. The van der Waals surface area contributed by atoms with E-state index in [9.17, 15) is 0 Å². The number of hydrogen-bond donors (Lipinski definition) is 0. The van der Waals surface area contributed by atoms with Gasteiger partial charge in [-0.1, -0.05) is 115 Å². The summed E-state index contributed by atoms with van der Waals surface area (Å²) in [6, 6.07) is 54.7. The van der Waals surface area contributed by atoms with Crippen LogP contribution >= 0.6 is 0 Å². The Kier molecular flexibility index (Phi) is 5.67. The van der Waals surface area contributed by atoms with Gasteiger partial charge in [-0.15, -0.1) is 0 Å². The summed E-state index contributed by atoms with van der Waals surface area (Å²) in [6.07, 6.45) is 3.10. The Morgan fingerprint density at radius 3 is 2.05 bits per heavy atom. The van der Waals surface area contributed by atoms with Crippen molar-refractivity contribution in [3.05, 3.63) is 169 Å². The Morgan fingerprint density at radius 1 is 0.477 bits per heavy atom. The molecule has 1 aromatic heterocycles. The molecule has 8 aromatic rings. The van der Waals surface area contributed by atoms with Gasteiger partial charge in [0.2, 0.25) is 0 Å². The largest absolute Gasteiger partial charge is 0.485 e. The maximum Gasteiger partial charge on any atom is 0.127 e. The second kappa shape index (κ2) is 10.00. The van der Waals surface area contributed by atoms with Gasteiger partial charge in [0, 0.05) is 28.4 Å². The van der Waals surface area contributed by atoms with E-state index in [0.29, 0.717) is 0 Å². The smallest absolute Gasteiger partial charge is 0.127 e. The number of ether oxygens (including phenoxy) is 1. The average molecular weight is 564 g/mol. The molecule has 208 valence electrons. The fourth-order valence-corrected chi connectivity index (χ4v) is 6.92. The fraction of sp³-hybridized carbons (Fsp3) is 0.0476. The summed E-state index contributed by atoms with van der Waals surface area (Å²) in [4.78, 5) is 0. The molecule has 2 heterocycles. The Bertz CT molecular complexity index is 2380. The molecular formula is C42H29NO. The van der Waals surface area contributed by atoms with Crippen LogP contribution < -0.4 is 0 Å². The van der Waals surface area contributed by atoms with Crippen molar-refractivity contribution < 1.29 is 4.74 Å². The van der Waals surface area contributed by atoms with Gasteiger partial charge in [0.1, 0.15) is 11.9 Å². The van der Waals surface area contributed by atoms with E-state index >= 15 is 0 Å². The van der Waals surface area contributed by atoms with Crippen molar-refractivity contribution in [3.63, 3.8) is 0 Å². The number of nitrogens with zero attached hydrogens (tertiary/aromatic N) is 1. The molecule has 0 saturated carbocycles. The van der Waals surface area contributed by atoms with Crippen LogP contribution in [0.4, 0.5) is 0 Å². The molecule has 0 saturated heterocycles. The van der Waals surface area contributed by atoms with Crippen LogP contribution in [-0.2, 0) is 4.74 Å². The zero-order chi connectivity index (χ0) is 29.0. The summed E-state index contributed by atoms with van der Waals surface area (Å²) in [7, 11) is 0. The second-order valence-electron chi connectivity index (χ2n) is 11.7. The molecule has 0 amide bonds. The van der Waals surface area contributed by atoms with Crippen LogP contribution in [0.3, 0.4) is 0 Å². The lowest BCUT2D eigenvalue weighted by Gasteiger charge is -2.15. The minimum Gasteiger partial charge on any atom is -0.485 e. The van der Waals surface area contributed by atoms with Crippen molar-refractivity contribution in [2.75, 3.05) is 0 Å². The topological polar surface area (TPSA) is 14.2 Å². The highest BCUT2D eigenvalue weighted by molar-refractivity contribution is 6.10. The highest BCUT2D eigenvalue weighted by Gasteiger charge is 2.23. The van der Waals surface area contributed by atoms with Crippen LogP contribution in [0.25, 0.3) is 65.9 Å². The number of rotatable bonds is 4. The second-order valence-corrected chi connectivity index (χ2v) is 11.7. The molecule has 7 aromatic carbocycles. The first-order valence-electron chi connectivity index (χ1n) is 15.3. The van der Waals surface area contributed by atoms with Gasteiger partial charge in [-0.2, -0.15) is 0 Å². The van der Waals surface area contributed by atoms with Crippen LogP contribution in [-0.4, -0.2) is 4.57 Å². The first-order valence-corrected chi connectivity index (χ1v) is 15.3. The molecular weight excluding hydrogens is 534 g/mol. The summed E-state index contributed by atoms with van der Waals surface area (Å²) in [5.41, 5.74) is 8.36. The summed E-state index contributed by atoms with van der Waals surface area (Å²) in [5.74, 6) is 0.957. The lowest BCUT2D eigenvalue weighted by atomic mass is 9.97. The number of fused-ring (bicyclic) bond motifs is 6. The van der Waals surface area contributed by atoms with E-state index in [-0.39, 0.29) is 6.10 Å². The third-order valence-electron chi connectivity index (χ3n) is 9.12. The maximum atomic E-state index is 6.58. The summed E-state index contributed by atoms with van der Waals surface area (Å²) in [5, 5.41) is 7.65. The van der Waals surface area contributed by atoms with Gasteiger partial charge in [0.15, 0.2) is 0 Å². The summed E-state index contributed by atoms with van der Waals surface area (Å²) < 4.78 is 8.94. The first kappa shape index (κ1) is 24.9. The summed E-state index contributed by atoms with van der Waals surface area (Å²) >= 11 is 0. The summed E-state index contributed by atoms with van der Waals surface area (Å²) in [6.45, 7) is 0. The number of benzene rings is 7. The lowest BCUT2D eigenvalue weighted by molar-refractivity contribution is 0.195. The molecule has 0 bridgehead atoms. The quantitative estimate of drug-likeness (QED) is 0.194. The van der Waals surface area contributed by atoms with Crippen LogP contribution in [0.15, 0.2) is 158 Å². The fourth-order valence-electron chi connectivity index (χ4n) is 6.92. The molecule has 0 spiro atoms. The lowest BCUT2D eigenvalue weighted by Crippen LogP contribution is -1.98. The molecule has 0 fully saturated rings. The van der Waals surface area contributed by atoms with E-state index in [1.54, 1.807) is 0 Å². The maximum absolute atomic E-state index is 6.58. The third kappa shape index (κ3) is 4.03. The molecule has 1 unspecified atom stereocenters. The van der Waals surface area contributed by atoms with E-state index in [1.165, 1.54) is 65.7 Å². The monoisotopic (exact) mass is 563 g/mol. The molecule has 9 rings (SSSR count). The Morgan fingerprint density at radius 2 is 1.16 bits per heavy atom. The van der Waals surface area contributed by atoms with Crippen molar-refractivity contribution in [1.82, 2.24) is 4.57 Å². The molecule has 2 nitrogen and oxygen atoms in total. The van der Waals surface area contributed by atoms with Crippen LogP contribution in [0, 0.1) is 0 Å². The standard InChI is InChI=1S/C42H29NO/c1-2-9-34(10-3-1)43-39-13-7-6-12-37(39)38-27-33(21-23-40(38)43)42-25-24-41(44-42)30-17-14-28(15-18-30)31-20-22-36-32(26-31)19-16-29-8-4-5-11-35(29)36/h1-24,26-27,42H,25H2.